The summed E-state index contributed by atoms with van der Waals surface area (Å²) in [6, 6.07) is 6.37. The Labute approximate surface area is 168 Å². The number of fused-ring (bicyclic) bond motifs is 1. The molecule has 1 heterocycles. The second-order valence-corrected chi connectivity index (χ2v) is 8.51. The molecule has 28 heavy (non-hydrogen) atoms. The fourth-order valence-corrected chi connectivity index (χ4v) is 4.97. The van der Waals surface area contributed by atoms with Crippen molar-refractivity contribution in [1.82, 2.24) is 0 Å². The molecule has 0 saturated heterocycles. The first kappa shape index (κ1) is 19.5. The maximum atomic E-state index is 12.7. The lowest BCUT2D eigenvalue weighted by molar-refractivity contribution is -0.164. The Bertz CT molecular complexity index is 732. The van der Waals surface area contributed by atoms with Crippen LogP contribution in [0.25, 0.3) is 0 Å². The first-order chi connectivity index (χ1) is 13.6. The lowest BCUT2D eigenvalue weighted by Crippen LogP contribution is -2.37. The van der Waals surface area contributed by atoms with E-state index in [-0.39, 0.29) is 29.5 Å². The second kappa shape index (κ2) is 8.28. The highest BCUT2D eigenvalue weighted by Crippen LogP contribution is 2.43. The number of hydrogen-bond acceptors (Lipinski definition) is 4. The van der Waals surface area contributed by atoms with Crippen LogP contribution in [-0.2, 0) is 14.3 Å². The first-order valence-corrected chi connectivity index (χ1v) is 10.8. The minimum atomic E-state index is -0.215. The van der Waals surface area contributed by atoms with E-state index in [1.807, 2.05) is 6.07 Å². The smallest absolute Gasteiger partial charge is 0.306 e. The van der Waals surface area contributed by atoms with Crippen molar-refractivity contribution in [3.05, 3.63) is 41.5 Å². The van der Waals surface area contributed by atoms with Crippen molar-refractivity contribution in [3.63, 3.8) is 0 Å². The summed E-state index contributed by atoms with van der Waals surface area (Å²) >= 11 is 0. The van der Waals surface area contributed by atoms with E-state index in [2.05, 4.69) is 31.2 Å². The van der Waals surface area contributed by atoms with E-state index in [0.29, 0.717) is 13.0 Å². The molecule has 0 aromatic heterocycles. The molecule has 4 nitrogen and oxygen atoms in total. The molecule has 4 rings (SSSR count). The zero-order valence-corrected chi connectivity index (χ0v) is 17.1. The number of rotatable bonds is 6. The van der Waals surface area contributed by atoms with Crippen LogP contribution in [0.5, 0.6) is 5.75 Å². The fourth-order valence-electron chi connectivity index (χ4n) is 4.97. The van der Waals surface area contributed by atoms with Crippen LogP contribution in [0.3, 0.4) is 0 Å². The molecule has 1 aromatic rings. The highest BCUT2D eigenvalue weighted by Gasteiger charge is 2.36. The number of benzene rings is 1. The zero-order chi connectivity index (χ0) is 19.6. The lowest BCUT2D eigenvalue weighted by atomic mass is 9.75. The van der Waals surface area contributed by atoms with E-state index < -0.39 is 0 Å². The van der Waals surface area contributed by atoms with Crippen molar-refractivity contribution >= 4 is 5.97 Å². The molecular weight excluding hydrogens is 352 g/mol. The van der Waals surface area contributed by atoms with Gasteiger partial charge < -0.3 is 14.2 Å². The van der Waals surface area contributed by atoms with Crippen molar-refractivity contribution in [2.75, 3.05) is 13.7 Å². The number of ether oxygens (including phenoxy) is 3. The summed E-state index contributed by atoms with van der Waals surface area (Å²) in [6.45, 7) is 2.84. The Kier molecular flexibility index (Phi) is 5.77. The summed E-state index contributed by atoms with van der Waals surface area (Å²) < 4.78 is 17.4. The van der Waals surface area contributed by atoms with Crippen molar-refractivity contribution < 1.29 is 19.0 Å². The molecule has 1 aromatic carbocycles. The van der Waals surface area contributed by atoms with Gasteiger partial charge in [0.25, 0.3) is 0 Å². The van der Waals surface area contributed by atoms with E-state index in [0.717, 1.165) is 37.0 Å². The number of carbonyl (C=O) groups is 1. The van der Waals surface area contributed by atoms with Crippen molar-refractivity contribution in [1.29, 1.82) is 0 Å². The average molecular weight is 385 g/mol. The summed E-state index contributed by atoms with van der Waals surface area (Å²) in [5, 5.41) is 0. The minimum absolute atomic E-state index is 0.0424. The predicted octanol–water partition coefficient (Wildman–Crippen LogP) is 5.47. The molecule has 152 valence electrons. The van der Waals surface area contributed by atoms with Gasteiger partial charge in [-0.25, -0.2) is 0 Å². The quantitative estimate of drug-likeness (QED) is 0.482. The molecule has 0 amide bonds. The zero-order valence-electron chi connectivity index (χ0n) is 17.1. The van der Waals surface area contributed by atoms with Crippen LogP contribution >= 0.6 is 0 Å². The SMILES string of the molecule is CCC1(OC(=O)CC2C=C[C@@H]2c2ccc3c(c2)C(OC)CCO3)CCCCC1. The maximum Gasteiger partial charge on any atom is 0.306 e. The Morgan fingerprint density at radius 1 is 1.21 bits per heavy atom. The molecule has 1 aliphatic heterocycles. The van der Waals surface area contributed by atoms with Crippen molar-refractivity contribution in [2.45, 2.75) is 75.9 Å². The second-order valence-electron chi connectivity index (χ2n) is 8.51. The van der Waals surface area contributed by atoms with Gasteiger partial charge in [0, 0.05) is 25.0 Å². The van der Waals surface area contributed by atoms with Gasteiger partial charge in [0.05, 0.1) is 19.1 Å². The molecule has 3 aliphatic rings. The molecule has 1 saturated carbocycles. The molecule has 1 fully saturated rings. The molecule has 2 unspecified atom stereocenters. The standard InChI is InChI=1S/C24H32O4/c1-3-24(12-5-4-6-13-24)28-23(25)16-18-7-9-19(18)17-8-10-22-20(15-17)21(26-2)11-14-27-22/h7-10,15,18-19,21H,3-6,11-14,16H2,1-2H3/t18?,19-,21?/m1/s1. The number of hydrogen-bond donors (Lipinski definition) is 0. The largest absolute Gasteiger partial charge is 0.493 e. The van der Waals surface area contributed by atoms with E-state index in [4.69, 9.17) is 14.2 Å². The minimum Gasteiger partial charge on any atom is -0.493 e. The number of allylic oxidation sites excluding steroid dienone is 2. The molecule has 4 heteroatoms. The summed E-state index contributed by atoms with van der Waals surface area (Å²) in [6.07, 6.45) is 12.3. The van der Waals surface area contributed by atoms with Crippen molar-refractivity contribution in [2.24, 2.45) is 5.92 Å². The molecule has 0 bridgehead atoms. The molecule has 0 N–H and O–H groups in total. The van der Waals surface area contributed by atoms with Crippen molar-refractivity contribution in [3.8, 4) is 5.75 Å². The van der Waals surface area contributed by atoms with E-state index in [9.17, 15) is 4.79 Å². The van der Waals surface area contributed by atoms with Gasteiger partial charge in [0.15, 0.2) is 0 Å². The Morgan fingerprint density at radius 3 is 2.71 bits per heavy atom. The third kappa shape index (κ3) is 3.84. The molecule has 0 radical (unpaired) electrons. The number of methoxy groups -OCH3 is 1. The van der Waals surface area contributed by atoms with Gasteiger partial charge in [-0.1, -0.05) is 31.6 Å². The van der Waals surface area contributed by atoms with Crippen LogP contribution in [0.1, 0.15) is 81.4 Å². The van der Waals surface area contributed by atoms with Gasteiger partial charge in [0.2, 0.25) is 0 Å². The van der Waals surface area contributed by atoms with Crippen LogP contribution in [-0.4, -0.2) is 25.3 Å². The van der Waals surface area contributed by atoms with Crippen LogP contribution in [0.15, 0.2) is 30.4 Å². The normalized spacial score (nSPS) is 28.0. The van der Waals surface area contributed by atoms with E-state index in [1.165, 1.54) is 24.8 Å². The summed E-state index contributed by atoms with van der Waals surface area (Å²) in [5.41, 5.74) is 2.14. The number of carbonyl (C=O) groups excluding carboxylic acids is 1. The Morgan fingerprint density at radius 2 is 2.04 bits per heavy atom. The van der Waals surface area contributed by atoms with Gasteiger partial charge in [-0.05, 0) is 55.7 Å². The van der Waals surface area contributed by atoms with Crippen LogP contribution in [0.4, 0.5) is 0 Å². The van der Waals surface area contributed by atoms with Gasteiger partial charge in [-0.3, -0.25) is 4.79 Å². The molecule has 2 aliphatic carbocycles. The predicted molar refractivity (Wildman–Crippen MR) is 108 cm³/mol. The molecule has 3 atom stereocenters. The maximum absolute atomic E-state index is 12.7. The summed E-state index contributed by atoms with van der Waals surface area (Å²) in [4.78, 5) is 12.7. The van der Waals surface area contributed by atoms with Crippen LogP contribution in [0.2, 0.25) is 0 Å². The fraction of sp³-hybridized carbons (Fsp3) is 0.625. The number of esters is 1. The molecular formula is C24H32O4. The highest BCUT2D eigenvalue weighted by atomic mass is 16.6. The van der Waals surface area contributed by atoms with Gasteiger partial charge >= 0.3 is 5.97 Å². The van der Waals surface area contributed by atoms with Gasteiger partial charge in [-0.2, -0.15) is 0 Å². The highest BCUT2D eigenvalue weighted by molar-refractivity contribution is 5.71. The third-order valence-corrected chi connectivity index (χ3v) is 6.86. The molecule has 0 spiro atoms. The third-order valence-electron chi connectivity index (χ3n) is 6.86. The topological polar surface area (TPSA) is 44.8 Å². The monoisotopic (exact) mass is 384 g/mol. The first-order valence-electron chi connectivity index (χ1n) is 10.8. The average Bonchev–Trinajstić information content (AvgIpc) is 2.71. The Balaban J connectivity index is 1.41. The van der Waals surface area contributed by atoms with Crippen LogP contribution in [0, 0.1) is 5.92 Å². The van der Waals surface area contributed by atoms with E-state index in [1.54, 1.807) is 7.11 Å². The summed E-state index contributed by atoms with van der Waals surface area (Å²) in [5.74, 6) is 1.36. The van der Waals surface area contributed by atoms with Gasteiger partial charge in [0.1, 0.15) is 11.4 Å². The van der Waals surface area contributed by atoms with Crippen LogP contribution < -0.4 is 4.74 Å². The summed E-state index contributed by atoms with van der Waals surface area (Å²) in [7, 11) is 1.75. The lowest BCUT2D eigenvalue weighted by Gasteiger charge is -2.37. The van der Waals surface area contributed by atoms with E-state index >= 15 is 0 Å². The Hall–Kier alpha value is -1.81. The van der Waals surface area contributed by atoms with Gasteiger partial charge in [-0.15, -0.1) is 0 Å².